The predicted molar refractivity (Wildman–Crippen MR) is 92.2 cm³/mol. The molecular weight excluding hydrogens is 391 g/mol. The van der Waals surface area contributed by atoms with Gasteiger partial charge < -0.3 is 0 Å². The third-order valence-electron chi connectivity index (χ3n) is 3.45. The molecule has 132 valence electrons. The molecule has 0 saturated heterocycles. The minimum atomic E-state index is -4.61. The highest BCUT2D eigenvalue weighted by molar-refractivity contribution is 7.89. The third kappa shape index (κ3) is 4.12. The summed E-state index contributed by atoms with van der Waals surface area (Å²) in [5.41, 5.74) is -0.262. The molecule has 9 heteroatoms. The van der Waals surface area contributed by atoms with Gasteiger partial charge in [-0.15, -0.1) is 11.3 Å². The van der Waals surface area contributed by atoms with Crippen LogP contribution >= 0.6 is 22.7 Å². The summed E-state index contributed by atoms with van der Waals surface area (Å²) in [5, 5.41) is 5.43. The molecule has 25 heavy (non-hydrogen) atoms. The van der Waals surface area contributed by atoms with Crippen LogP contribution in [0.4, 0.5) is 13.2 Å². The van der Waals surface area contributed by atoms with E-state index in [1.165, 1.54) is 22.7 Å². The van der Waals surface area contributed by atoms with Crippen LogP contribution in [0.3, 0.4) is 0 Å². The van der Waals surface area contributed by atoms with E-state index in [1.807, 2.05) is 10.8 Å². The number of sulfonamides is 1. The first-order valence-corrected chi connectivity index (χ1v) is 10.3. The Bertz CT molecular complexity index is 899. The Labute approximate surface area is 150 Å². The largest absolute Gasteiger partial charge is 0.416 e. The van der Waals surface area contributed by atoms with Crippen LogP contribution in [0.25, 0.3) is 0 Å². The average Bonchev–Trinajstić information content (AvgIpc) is 3.26. The molecule has 1 aromatic carbocycles. The fourth-order valence-electron chi connectivity index (χ4n) is 2.25. The molecule has 0 spiro atoms. The zero-order valence-electron chi connectivity index (χ0n) is 12.5. The van der Waals surface area contributed by atoms with Gasteiger partial charge in [-0.2, -0.15) is 29.2 Å². The Kier molecular flexibility index (Phi) is 5.01. The third-order valence-corrected chi connectivity index (χ3v) is 6.51. The molecular formula is C16H12F3NO2S3. The van der Waals surface area contributed by atoms with Crippen molar-refractivity contribution >= 4 is 32.7 Å². The Morgan fingerprint density at radius 3 is 2.44 bits per heavy atom. The highest BCUT2D eigenvalue weighted by atomic mass is 32.2. The first kappa shape index (κ1) is 18.1. The number of hydrogen-bond donors (Lipinski definition) is 1. The van der Waals surface area contributed by atoms with Gasteiger partial charge in [-0.3, -0.25) is 0 Å². The van der Waals surface area contributed by atoms with E-state index < -0.39 is 32.7 Å². The van der Waals surface area contributed by atoms with Crippen LogP contribution in [0.2, 0.25) is 0 Å². The van der Waals surface area contributed by atoms with Gasteiger partial charge in [0.05, 0.1) is 16.5 Å². The van der Waals surface area contributed by atoms with Gasteiger partial charge in [-0.25, -0.2) is 8.42 Å². The monoisotopic (exact) mass is 403 g/mol. The smallest absolute Gasteiger partial charge is 0.207 e. The molecule has 0 amide bonds. The molecule has 3 aromatic rings. The second-order valence-corrected chi connectivity index (χ2v) is 8.63. The highest BCUT2D eigenvalue weighted by Crippen LogP contribution is 2.32. The maximum Gasteiger partial charge on any atom is 0.416 e. The number of alkyl halides is 3. The topological polar surface area (TPSA) is 46.2 Å². The van der Waals surface area contributed by atoms with Gasteiger partial charge in [-0.05, 0) is 52.0 Å². The molecule has 0 aliphatic heterocycles. The molecule has 3 rings (SSSR count). The van der Waals surface area contributed by atoms with Crippen LogP contribution in [0.5, 0.6) is 0 Å². The number of thiophene rings is 2. The zero-order chi connectivity index (χ0) is 18.1. The summed E-state index contributed by atoms with van der Waals surface area (Å²) in [6.45, 7) is 0. The van der Waals surface area contributed by atoms with Crippen molar-refractivity contribution in [1.82, 2.24) is 4.72 Å². The maximum atomic E-state index is 12.9. The van der Waals surface area contributed by atoms with Crippen molar-refractivity contribution < 1.29 is 21.6 Å². The van der Waals surface area contributed by atoms with Gasteiger partial charge in [0.25, 0.3) is 0 Å². The van der Waals surface area contributed by atoms with Crippen molar-refractivity contribution in [3.05, 3.63) is 74.6 Å². The van der Waals surface area contributed by atoms with Crippen LogP contribution in [-0.2, 0) is 16.2 Å². The maximum absolute atomic E-state index is 12.9. The van der Waals surface area contributed by atoms with Gasteiger partial charge in [0.2, 0.25) is 10.0 Å². The molecule has 1 atom stereocenters. The SMILES string of the molecule is O=S(=O)(N[C@@H](c1ccsc1)c1cccs1)c1cccc(C(F)(F)F)c1. The fraction of sp³-hybridized carbons (Fsp3) is 0.125. The standard InChI is InChI=1S/C16H12F3NO2S3/c17-16(18,19)12-3-1-4-13(9-12)25(21,22)20-15(11-6-8-23-10-11)14-5-2-7-24-14/h1-10,15,20H/t15-/m0/s1. The quantitative estimate of drug-likeness (QED) is 0.659. The average molecular weight is 403 g/mol. The predicted octanol–water partition coefficient (Wildman–Crippen LogP) is 4.90. The number of hydrogen-bond acceptors (Lipinski definition) is 4. The molecule has 2 heterocycles. The van der Waals surface area contributed by atoms with E-state index >= 15 is 0 Å². The van der Waals surface area contributed by atoms with E-state index in [1.54, 1.807) is 23.6 Å². The van der Waals surface area contributed by atoms with Crippen molar-refractivity contribution in [3.63, 3.8) is 0 Å². The van der Waals surface area contributed by atoms with E-state index in [2.05, 4.69) is 4.72 Å². The van der Waals surface area contributed by atoms with Crippen molar-refractivity contribution in [3.8, 4) is 0 Å². The Morgan fingerprint density at radius 2 is 1.84 bits per heavy atom. The van der Waals surface area contributed by atoms with E-state index in [9.17, 15) is 21.6 Å². The normalized spacial score (nSPS) is 13.7. The summed E-state index contributed by atoms with van der Waals surface area (Å²) in [5.74, 6) is 0. The number of halogens is 3. The first-order valence-electron chi connectivity index (χ1n) is 7.02. The molecule has 1 N–H and O–H groups in total. The van der Waals surface area contributed by atoms with E-state index in [-0.39, 0.29) is 0 Å². The van der Waals surface area contributed by atoms with Crippen LogP contribution in [0.15, 0.2) is 63.5 Å². The van der Waals surface area contributed by atoms with Gasteiger partial charge in [0, 0.05) is 4.88 Å². The summed E-state index contributed by atoms with van der Waals surface area (Å²) in [4.78, 5) is 0.341. The Morgan fingerprint density at radius 1 is 1.04 bits per heavy atom. The highest BCUT2D eigenvalue weighted by Gasteiger charge is 2.32. The molecule has 0 bridgehead atoms. The van der Waals surface area contributed by atoms with Crippen LogP contribution < -0.4 is 4.72 Å². The van der Waals surface area contributed by atoms with Crippen molar-refractivity contribution in [1.29, 1.82) is 0 Å². The lowest BCUT2D eigenvalue weighted by Gasteiger charge is -2.17. The second-order valence-electron chi connectivity index (χ2n) is 5.15. The minimum Gasteiger partial charge on any atom is -0.207 e. The summed E-state index contributed by atoms with van der Waals surface area (Å²) >= 11 is 2.78. The van der Waals surface area contributed by atoms with Crippen molar-refractivity contribution in [2.45, 2.75) is 17.1 Å². The van der Waals surface area contributed by atoms with Gasteiger partial charge in [0.1, 0.15) is 0 Å². The van der Waals surface area contributed by atoms with Crippen molar-refractivity contribution in [2.24, 2.45) is 0 Å². The number of benzene rings is 1. The minimum absolute atomic E-state index is 0.417. The van der Waals surface area contributed by atoms with E-state index in [4.69, 9.17) is 0 Å². The second kappa shape index (κ2) is 6.91. The molecule has 3 nitrogen and oxygen atoms in total. The van der Waals surface area contributed by atoms with E-state index in [0.29, 0.717) is 6.07 Å². The summed E-state index contributed by atoms with van der Waals surface area (Å²) < 4.78 is 66.4. The Hall–Kier alpha value is -1.68. The number of rotatable bonds is 5. The fourth-order valence-corrected chi connectivity index (χ4v) is 5.06. The molecule has 0 fully saturated rings. The molecule has 0 radical (unpaired) electrons. The molecule has 2 aromatic heterocycles. The van der Waals surface area contributed by atoms with Gasteiger partial charge in [-0.1, -0.05) is 12.1 Å². The molecule has 0 saturated carbocycles. The summed E-state index contributed by atoms with van der Waals surface area (Å²) in [6.07, 6.45) is -4.61. The van der Waals surface area contributed by atoms with Crippen LogP contribution in [0.1, 0.15) is 22.0 Å². The lowest BCUT2D eigenvalue weighted by Crippen LogP contribution is -2.29. The van der Waals surface area contributed by atoms with Crippen molar-refractivity contribution in [2.75, 3.05) is 0 Å². The zero-order valence-corrected chi connectivity index (χ0v) is 15.0. The summed E-state index contributed by atoms with van der Waals surface area (Å²) in [7, 11) is -4.13. The lowest BCUT2D eigenvalue weighted by atomic mass is 10.1. The Balaban J connectivity index is 1.97. The first-order chi connectivity index (χ1) is 11.8. The summed E-state index contributed by atoms with van der Waals surface area (Å²) in [6, 6.07) is 8.42. The van der Waals surface area contributed by atoms with Gasteiger partial charge >= 0.3 is 6.18 Å². The molecule has 0 aliphatic rings. The van der Waals surface area contributed by atoms with Gasteiger partial charge in [0.15, 0.2) is 0 Å². The number of nitrogens with one attached hydrogen (secondary N) is 1. The lowest BCUT2D eigenvalue weighted by molar-refractivity contribution is -0.137. The van der Waals surface area contributed by atoms with Crippen LogP contribution in [0, 0.1) is 0 Å². The molecule has 0 aliphatic carbocycles. The molecule has 0 unspecified atom stereocenters. The van der Waals surface area contributed by atoms with Crippen LogP contribution in [-0.4, -0.2) is 8.42 Å². The van der Waals surface area contributed by atoms with E-state index in [0.717, 1.165) is 28.6 Å².